The van der Waals surface area contributed by atoms with E-state index in [4.69, 9.17) is 25.5 Å². The fourth-order valence-corrected chi connectivity index (χ4v) is 5.50. The second kappa shape index (κ2) is 13.5. The summed E-state index contributed by atoms with van der Waals surface area (Å²) in [4.78, 5) is 59.8. The fourth-order valence-electron chi connectivity index (χ4n) is 4.30. The molecule has 0 aliphatic heterocycles. The van der Waals surface area contributed by atoms with Crippen LogP contribution in [0.2, 0.25) is 0 Å². The van der Waals surface area contributed by atoms with Crippen LogP contribution in [-0.4, -0.2) is 70.3 Å². The Morgan fingerprint density at radius 1 is 0.978 bits per heavy atom. The van der Waals surface area contributed by atoms with Crippen molar-refractivity contribution in [2.45, 2.75) is 90.3 Å². The third kappa shape index (κ3) is 9.78. The van der Waals surface area contributed by atoms with E-state index >= 15 is 0 Å². The van der Waals surface area contributed by atoms with Crippen LogP contribution in [0.4, 0.5) is 15.3 Å². The smallest absolute Gasteiger partial charge is 0.442 e. The average molecular weight is 663 g/mol. The Hall–Kier alpha value is -4.44. The summed E-state index contributed by atoms with van der Waals surface area (Å²) in [7, 11) is -3.99. The quantitative estimate of drug-likeness (QED) is 0.192. The van der Waals surface area contributed by atoms with Crippen LogP contribution in [0.3, 0.4) is 0 Å². The summed E-state index contributed by atoms with van der Waals surface area (Å²) in [6.07, 6.45) is -1.58. The van der Waals surface area contributed by atoms with E-state index in [1.54, 1.807) is 78.8 Å². The highest BCUT2D eigenvalue weighted by Gasteiger charge is 2.55. The van der Waals surface area contributed by atoms with Gasteiger partial charge in [0, 0.05) is 5.69 Å². The summed E-state index contributed by atoms with van der Waals surface area (Å²) in [5.41, 5.74) is 2.06. The lowest BCUT2D eigenvalue weighted by Crippen LogP contribution is -2.54. The number of rotatable bonds is 10. The number of ether oxygens (including phenoxy) is 2. The molecule has 3 amide bonds. The molecule has 1 aliphatic carbocycles. The van der Waals surface area contributed by atoms with Crippen LogP contribution in [0.5, 0.6) is 0 Å². The maximum Gasteiger partial charge on any atom is 0.442 e. The molecule has 1 aliphatic rings. The zero-order valence-electron chi connectivity index (χ0n) is 27.1. The van der Waals surface area contributed by atoms with Crippen molar-refractivity contribution in [1.29, 1.82) is 5.41 Å². The first-order chi connectivity index (χ1) is 21.1. The van der Waals surface area contributed by atoms with Crippen LogP contribution in [0.15, 0.2) is 47.3 Å². The number of guanidine groups is 1. The number of amides is 3. The van der Waals surface area contributed by atoms with Crippen molar-refractivity contribution >= 4 is 39.8 Å². The molecule has 46 heavy (non-hydrogen) atoms. The summed E-state index contributed by atoms with van der Waals surface area (Å²) in [6, 6.07) is 11.2. The highest BCUT2D eigenvalue weighted by Crippen LogP contribution is 2.43. The van der Waals surface area contributed by atoms with E-state index in [1.807, 2.05) is 0 Å². The van der Waals surface area contributed by atoms with E-state index in [0.29, 0.717) is 16.3 Å². The minimum Gasteiger partial charge on any atom is -0.443 e. The number of sulfonamides is 1. The topological polar surface area (TPSA) is 203 Å². The van der Waals surface area contributed by atoms with E-state index in [2.05, 4.69) is 4.72 Å². The fraction of sp³-hybridized carbons (Fsp3) is 0.500. The average Bonchev–Trinajstić information content (AvgIpc) is 3.66. The van der Waals surface area contributed by atoms with Gasteiger partial charge in [0.1, 0.15) is 23.4 Å². The number of nitrogens with zero attached hydrogens (tertiary/aromatic N) is 3. The van der Waals surface area contributed by atoms with Gasteiger partial charge in [0.15, 0.2) is 0 Å². The number of nitrogens with one attached hydrogen (secondary N) is 2. The molecule has 0 atom stereocenters. The van der Waals surface area contributed by atoms with E-state index in [0.717, 1.165) is 9.47 Å². The summed E-state index contributed by atoms with van der Waals surface area (Å²) < 4.78 is 39.8. The lowest BCUT2D eigenvalue weighted by Gasteiger charge is -2.33. The summed E-state index contributed by atoms with van der Waals surface area (Å²) in [5.74, 6) is -2.01. The Morgan fingerprint density at radius 3 is 2.07 bits per heavy atom. The summed E-state index contributed by atoms with van der Waals surface area (Å²) in [6.45, 7) is 10.1. The molecule has 0 radical (unpaired) electrons. The van der Waals surface area contributed by atoms with Gasteiger partial charge in [0.25, 0.3) is 11.5 Å². The third-order valence-corrected chi connectivity index (χ3v) is 7.76. The highest BCUT2D eigenvalue weighted by molar-refractivity contribution is 7.91. The van der Waals surface area contributed by atoms with Gasteiger partial charge in [-0.2, -0.15) is 0 Å². The molecule has 4 N–H and O–H groups in total. The number of hydrogen-bond donors (Lipinski definition) is 3. The minimum absolute atomic E-state index is 0.255. The lowest BCUT2D eigenvalue weighted by molar-refractivity contribution is -0.143. The molecule has 252 valence electrons. The highest BCUT2D eigenvalue weighted by atomic mass is 32.2. The molecule has 0 unspecified atom stereocenters. The maximum atomic E-state index is 13.9. The third-order valence-electron chi connectivity index (χ3n) is 6.52. The minimum atomic E-state index is -3.99. The van der Waals surface area contributed by atoms with Crippen LogP contribution in [0.1, 0.15) is 65.6 Å². The number of pyridine rings is 1. The second-order valence-corrected chi connectivity index (χ2v) is 14.7. The van der Waals surface area contributed by atoms with E-state index < -0.39 is 69.5 Å². The van der Waals surface area contributed by atoms with Crippen molar-refractivity contribution in [2.24, 2.45) is 5.73 Å². The Bertz CT molecular complexity index is 1640. The largest absolute Gasteiger partial charge is 0.443 e. The van der Waals surface area contributed by atoms with Gasteiger partial charge >= 0.3 is 12.2 Å². The van der Waals surface area contributed by atoms with Crippen molar-refractivity contribution < 1.29 is 37.1 Å². The molecule has 1 heterocycles. The molecule has 16 heteroatoms. The van der Waals surface area contributed by atoms with Gasteiger partial charge in [-0.1, -0.05) is 30.3 Å². The van der Waals surface area contributed by atoms with Crippen LogP contribution in [0, 0.1) is 12.3 Å². The van der Waals surface area contributed by atoms with Gasteiger partial charge < -0.3 is 19.8 Å². The standard InChI is InChI=1S/C30H42N6O9S/c1-20-13-14-22(33-46(41,42)18-21-11-9-8-10-12-21)24(38)34(20)17-23(37)35(26(39)44-28(2,3)4)30(15-16-30)19-43-36(25(31)32)27(40)45-29(5,6)7/h8-14,33H,15-19H2,1-7H3,(H3,31,32). The van der Waals surface area contributed by atoms with Crippen molar-refractivity contribution in [3.05, 3.63) is 64.1 Å². The lowest BCUT2D eigenvalue weighted by atomic mass is 10.2. The molecular formula is C30H42N6O9S. The van der Waals surface area contributed by atoms with Gasteiger partial charge in [0.2, 0.25) is 16.0 Å². The number of aryl methyl sites for hydroxylation is 1. The normalized spacial score (nSPS) is 14.2. The van der Waals surface area contributed by atoms with Crippen molar-refractivity contribution in [2.75, 3.05) is 11.3 Å². The van der Waals surface area contributed by atoms with Gasteiger partial charge in [-0.15, -0.1) is 5.06 Å². The zero-order chi connectivity index (χ0) is 34.7. The van der Waals surface area contributed by atoms with Gasteiger partial charge in [-0.25, -0.2) is 22.9 Å². The number of hydroxylamine groups is 2. The maximum absolute atomic E-state index is 13.9. The number of carbonyl (C=O) groups is 3. The predicted molar refractivity (Wildman–Crippen MR) is 169 cm³/mol. The molecular weight excluding hydrogens is 620 g/mol. The molecule has 0 bridgehead atoms. The van der Waals surface area contributed by atoms with Gasteiger partial charge in [0.05, 0.1) is 17.9 Å². The molecule has 3 rings (SSSR count). The van der Waals surface area contributed by atoms with Crippen LogP contribution < -0.4 is 16.0 Å². The number of carbonyl (C=O) groups excluding carboxylic acids is 3. The monoisotopic (exact) mass is 662 g/mol. The Kier molecular flexibility index (Phi) is 10.6. The second-order valence-electron chi connectivity index (χ2n) is 13.0. The van der Waals surface area contributed by atoms with Crippen LogP contribution >= 0.6 is 0 Å². The Morgan fingerprint density at radius 2 is 1.54 bits per heavy atom. The summed E-state index contributed by atoms with van der Waals surface area (Å²) in [5, 5.41) is 8.19. The predicted octanol–water partition coefficient (Wildman–Crippen LogP) is 3.46. The van der Waals surface area contributed by atoms with E-state index in [1.165, 1.54) is 12.1 Å². The molecule has 1 aromatic heterocycles. The number of aromatic nitrogens is 1. The summed E-state index contributed by atoms with van der Waals surface area (Å²) >= 11 is 0. The first-order valence-electron chi connectivity index (χ1n) is 14.4. The van der Waals surface area contributed by atoms with Crippen LogP contribution in [-0.2, 0) is 41.4 Å². The SMILES string of the molecule is Cc1ccc(NS(=O)(=O)Cc2ccccc2)c(=O)n1CC(=O)N(C(=O)OC(C)(C)C)C1(CON(C(=N)N)C(=O)OC(C)(C)C)CC1. The molecule has 1 saturated carbocycles. The molecule has 1 fully saturated rings. The first kappa shape index (κ1) is 36.0. The molecule has 1 aromatic carbocycles. The first-order valence-corrected chi connectivity index (χ1v) is 16.1. The van der Waals surface area contributed by atoms with Crippen molar-refractivity contribution in [3.8, 4) is 0 Å². The Labute approximate surface area is 268 Å². The number of nitrogens with two attached hydrogens (primary N) is 1. The number of hydrogen-bond acceptors (Lipinski definition) is 10. The van der Waals surface area contributed by atoms with Crippen molar-refractivity contribution in [1.82, 2.24) is 14.5 Å². The van der Waals surface area contributed by atoms with E-state index in [9.17, 15) is 27.6 Å². The van der Waals surface area contributed by atoms with Gasteiger partial charge in [-0.05, 0) is 79.0 Å². The molecule has 0 saturated heterocycles. The Balaban J connectivity index is 1.90. The number of imide groups is 1. The molecule has 0 spiro atoms. The van der Waals surface area contributed by atoms with Crippen molar-refractivity contribution in [3.63, 3.8) is 0 Å². The number of benzene rings is 1. The number of anilines is 1. The van der Waals surface area contributed by atoms with Crippen LogP contribution in [0.25, 0.3) is 0 Å². The van der Waals surface area contributed by atoms with Gasteiger partial charge in [-0.3, -0.25) is 24.6 Å². The molecule has 15 nitrogen and oxygen atoms in total. The zero-order valence-corrected chi connectivity index (χ0v) is 27.9. The van der Waals surface area contributed by atoms with E-state index in [-0.39, 0.29) is 24.3 Å². The molecule has 2 aromatic rings.